The second-order valence-electron chi connectivity index (χ2n) is 9.44. The molecule has 0 aliphatic rings. The summed E-state index contributed by atoms with van der Waals surface area (Å²) in [5, 5.41) is 3.89. The molecular weight excluding hydrogens is 446 g/mol. The fourth-order valence-electron chi connectivity index (χ4n) is 4.67. The van der Waals surface area contributed by atoms with Crippen molar-refractivity contribution in [2.45, 2.75) is 84.2 Å². The van der Waals surface area contributed by atoms with E-state index in [1.165, 1.54) is 18.4 Å². The van der Waals surface area contributed by atoms with E-state index in [0.717, 1.165) is 81.5 Å². The lowest BCUT2D eigenvalue weighted by Gasteiger charge is -2.23. The minimum absolute atomic E-state index is 0.121. The molecule has 0 bridgehead atoms. The van der Waals surface area contributed by atoms with Crippen molar-refractivity contribution in [3.05, 3.63) is 66.4 Å². The van der Waals surface area contributed by atoms with Crippen molar-refractivity contribution in [3.8, 4) is 22.6 Å². The second kappa shape index (κ2) is 15.2. The number of carbonyl (C=O) groups excluding carboxylic acids is 1. The third kappa shape index (κ3) is 7.79. The molecular formula is C31H43N3O2. The number of carbonyl (C=O) groups is 1. The van der Waals surface area contributed by atoms with Crippen LogP contribution in [0.2, 0.25) is 0 Å². The van der Waals surface area contributed by atoms with E-state index >= 15 is 0 Å². The summed E-state index contributed by atoms with van der Waals surface area (Å²) in [7, 11) is 1.46. The summed E-state index contributed by atoms with van der Waals surface area (Å²) in [6, 6.07) is 21.4. The number of ether oxygens (including phenoxy) is 1. The molecule has 1 unspecified atom stereocenters. The Kier molecular flexibility index (Phi) is 11.7. The number of methoxy groups -OCH3 is 1. The van der Waals surface area contributed by atoms with Gasteiger partial charge in [0.1, 0.15) is 5.82 Å². The second-order valence-corrected chi connectivity index (χ2v) is 9.44. The van der Waals surface area contributed by atoms with E-state index < -0.39 is 0 Å². The third-order valence-electron chi connectivity index (χ3n) is 6.67. The Morgan fingerprint density at radius 2 is 1.56 bits per heavy atom. The van der Waals surface area contributed by atoms with Crippen LogP contribution in [0.25, 0.3) is 22.6 Å². The van der Waals surface area contributed by atoms with Gasteiger partial charge in [-0.3, -0.25) is 4.79 Å². The molecule has 1 aromatic heterocycles. The number of hydrogen-bond acceptors (Lipinski definition) is 4. The molecule has 5 nitrogen and oxygen atoms in total. The number of hydrogen-bond donors (Lipinski definition) is 1. The van der Waals surface area contributed by atoms with E-state index in [9.17, 15) is 4.79 Å². The maximum absolute atomic E-state index is 11.4. The topological polar surface area (TPSA) is 56.1 Å². The molecule has 0 spiro atoms. The predicted molar refractivity (Wildman–Crippen MR) is 149 cm³/mol. The molecule has 0 saturated carbocycles. The van der Waals surface area contributed by atoms with Crippen molar-refractivity contribution < 1.29 is 9.53 Å². The number of nitrogens with zero attached hydrogens (tertiary/aromatic N) is 2. The molecule has 0 saturated heterocycles. The Balaban J connectivity index is 1.95. The van der Waals surface area contributed by atoms with Gasteiger partial charge < -0.3 is 14.6 Å². The Bertz CT molecular complexity index is 1030. The summed E-state index contributed by atoms with van der Waals surface area (Å²) in [5.74, 6) is 0.934. The average Bonchev–Trinajstić information content (AvgIpc) is 3.31. The van der Waals surface area contributed by atoms with E-state index in [2.05, 4.69) is 84.4 Å². The lowest BCUT2D eigenvalue weighted by molar-refractivity contribution is -0.140. The zero-order valence-electron chi connectivity index (χ0n) is 22.3. The first-order chi connectivity index (χ1) is 17.7. The van der Waals surface area contributed by atoms with Crippen LogP contribution in [0.1, 0.15) is 83.4 Å². The normalized spacial score (nSPS) is 12.0. The van der Waals surface area contributed by atoms with Gasteiger partial charge in [-0.2, -0.15) is 0 Å². The van der Waals surface area contributed by atoms with Gasteiger partial charge in [-0.15, -0.1) is 0 Å². The highest BCUT2D eigenvalue weighted by molar-refractivity contribution is 5.69. The third-order valence-corrected chi connectivity index (χ3v) is 6.67. The molecule has 1 atom stereocenters. The van der Waals surface area contributed by atoms with E-state index in [1.807, 2.05) is 0 Å². The standard InChI is InChI=1S/C31H43N3O2/c1-4-6-21-27(32-23-16-10-15-22-28(35)36-3)30-29(25-17-11-8-12-18-25)33-31(34(30)24-7-5-2)26-19-13-9-14-20-26/h8-9,11-14,17-20,27,32H,4-7,10,15-16,21-24H2,1-3H3. The summed E-state index contributed by atoms with van der Waals surface area (Å²) in [6.07, 6.45) is 9.07. The van der Waals surface area contributed by atoms with Crippen molar-refractivity contribution >= 4 is 5.97 Å². The zero-order valence-corrected chi connectivity index (χ0v) is 22.3. The zero-order chi connectivity index (χ0) is 25.6. The largest absolute Gasteiger partial charge is 0.469 e. The number of esters is 1. The van der Waals surface area contributed by atoms with Crippen LogP contribution in [0.5, 0.6) is 0 Å². The van der Waals surface area contributed by atoms with E-state index in [-0.39, 0.29) is 12.0 Å². The average molecular weight is 490 g/mol. The smallest absolute Gasteiger partial charge is 0.305 e. The van der Waals surface area contributed by atoms with Crippen molar-refractivity contribution in [1.29, 1.82) is 0 Å². The maximum atomic E-state index is 11.4. The number of rotatable bonds is 16. The highest BCUT2D eigenvalue weighted by Crippen LogP contribution is 2.35. The molecule has 194 valence electrons. The summed E-state index contributed by atoms with van der Waals surface area (Å²) < 4.78 is 7.25. The molecule has 36 heavy (non-hydrogen) atoms. The lowest BCUT2D eigenvalue weighted by atomic mass is 10.0. The van der Waals surface area contributed by atoms with Crippen LogP contribution in [0, 0.1) is 0 Å². The lowest BCUT2D eigenvalue weighted by Crippen LogP contribution is -2.26. The number of aromatic nitrogens is 2. The molecule has 0 aliphatic carbocycles. The van der Waals surface area contributed by atoms with E-state index in [0.29, 0.717) is 6.42 Å². The quantitative estimate of drug-likeness (QED) is 0.166. The van der Waals surface area contributed by atoms with Crippen LogP contribution in [-0.4, -0.2) is 29.2 Å². The Morgan fingerprint density at radius 1 is 0.889 bits per heavy atom. The first-order valence-corrected chi connectivity index (χ1v) is 13.7. The molecule has 3 rings (SSSR count). The van der Waals surface area contributed by atoms with Crippen LogP contribution in [0.15, 0.2) is 60.7 Å². The Hall–Kier alpha value is -2.92. The number of unbranched alkanes of at least 4 members (excludes halogenated alkanes) is 4. The molecule has 2 aromatic carbocycles. The van der Waals surface area contributed by atoms with Crippen LogP contribution < -0.4 is 5.32 Å². The molecule has 0 aliphatic heterocycles. The fourth-order valence-corrected chi connectivity index (χ4v) is 4.67. The summed E-state index contributed by atoms with van der Waals surface area (Å²) in [6.45, 7) is 6.38. The van der Waals surface area contributed by atoms with Crippen LogP contribution in [-0.2, 0) is 16.1 Å². The van der Waals surface area contributed by atoms with Gasteiger partial charge in [0.2, 0.25) is 0 Å². The van der Waals surface area contributed by atoms with Crippen molar-refractivity contribution in [3.63, 3.8) is 0 Å². The summed E-state index contributed by atoms with van der Waals surface area (Å²) in [4.78, 5) is 16.7. The van der Waals surface area contributed by atoms with E-state index in [4.69, 9.17) is 9.72 Å². The van der Waals surface area contributed by atoms with Crippen molar-refractivity contribution in [1.82, 2.24) is 14.9 Å². The first-order valence-electron chi connectivity index (χ1n) is 13.7. The molecule has 3 aromatic rings. The van der Waals surface area contributed by atoms with Gasteiger partial charge in [-0.1, -0.05) is 100 Å². The summed E-state index contributed by atoms with van der Waals surface area (Å²) >= 11 is 0. The van der Waals surface area contributed by atoms with Gasteiger partial charge >= 0.3 is 5.97 Å². The monoisotopic (exact) mass is 489 g/mol. The fraction of sp³-hybridized carbons (Fsp3) is 0.484. The molecule has 1 N–H and O–H groups in total. The highest BCUT2D eigenvalue weighted by Gasteiger charge is 2.25. The Morgan fingerprint density at radius 3 is 2.19 bits per heavy atom. The molecule has 1 heterocycles. The number of nitrogens with one attached hydrogen (secondary N) is 1. The maximum Gasteiger partial charge on any atom is 0.305 e. The number of benzene rings is 2. The van der Waals surface area contributed by atoms with E-state index in [1.54, 1.807) is 0 Å². The van der Waals surface area contributed by atoms with Gasteiger partial charge in [-0.25, -0.2) is 4.98 Å². The minimum atomic E-state index is -0.121. The van der Waals surface area contributed by atoms with Gasteiger partial charge in [0.25, 0.3) is 0 Å². The van der Waals surface area contributed by atoms with Crippen LogP contribution in [0.4, 0.5) is 0 Å². The van der Waals surface area contributed by atoms with Crippen molar-refractivity contribution in [2.75, 3.05) is 13.7 Å². The molecule has 5 heteroatoms. The summed E-state index contributed by atoms with van der Waals surface area (Å²) in [5.41, 5.74) is 4.72. The minimum Gasteiger partial charge on any atom is -0.469 e. The van der Waals surface area contributed by atoms with Gasteiger partial charge in [0.05, 0.1) is 18.5 Å². The Labute approximate surface area is 217 Å². The first kappa shape index (κ1) is 27.7. The SMILES string of the molecule is CCCCC(NCCCCCC(=O)OC)c1c(-c2ccccc2)nc(-c2ccccc2)n1CCCC. The van der Waals surface area contributed by atoms with Crippen LogP contribution >= 0.6 is 0 Å². The van der Waals surface area contributed by atoms with Gasteiger partial charge in [-0.05, 0) is 32.2 Å². The molecule has 0 radical (unpaired) electrons. The van der Waals surface area contributed by atoms with Gasteiger partial charge in [0.15, 0.2) is 0 Å². The molecule has 0 fully saturated rings. The van der Waals surface area contributed by atoms with Crippen LogP contribution in [0.3, 0.4) is 0 Å². The molecule has 0 amide bonds. The number of imidazole rings is 1. The predicted octanol–water partition coefficient (Wildman–Crippen LogP) is 7.57. The van der Waals surface area contributed by atoms with Gasteiger partial charge in [0, 0.05) is 30.1 Å². The van der Waals surface area contributed by atoms with Crippen molar-refractivity contribution in [2.24, 2.45) is 0 Å². The highest BCUT2D eigenvalue weighted by atomic mass is 16.5.